The van der Waals surface area contributed by atoms with Gasteiger partial charge in [0.2, 0.25) is 0 Å². The number of rotatable bonds is 6. The maximum Gasteiger partial charge on any atom is 0.260 e. The van der Waals surface area contributed by atoms with Crippen LogP contribution in [-0.4, -0.2) is 55.0 Å². The predicted octanol–water partition coefficient (Wildman–Crippen LogP) is 3.54. The Kier molecular flexibility index (Phi) is 6.66. The van der Waals surface area contributed by atoms with E-state index >= 15 is 0 Å². The van der Waals surface area contributed by atoms with Gasteiger partial charge in [-0.15, -0.1) is 0 Å². The van der Waals surface area contributed by atoms with Gasteiger partial charge in [0.15, 0.2) is 6.61 Å². The van der Waals surface area contributed by atoms with Gasteiger partial charge in [-0.1, -0.05) is 48.6 Å². The molecule has 0 aromatic heterocycles. The fourth-order valence-electron chi connectivity index (χ4n) is 3.33. The quantitative estimate of drug-likeness (QED) is 0.786. The first-order valence-electron chi connectivity index (χ1n) is 9.53. The standard InChI is InChI=1S/C23H28N2O2/c1-19-15-20(2)17-22(16-19)27-18-23(26)25-13-11-24(12-14-25)10-6-9-21-7-4-3-5-8-21/h3-9,15-17H,10-14,18H2,1-2H3/b9-6+. The van der Waals surface area contributed by atoms with Gasteiger partial charge in [0, 0.05) is 32.7 Å². The highest BCUT2D eigenvalue weighted by atomic mass is 16.5. The van der Waals surface area contributed by atoms with E-state index in [0.29, 0.717) is 0 Å². The molecule has 0 N–H and O–H groups in total. The van der Waals surface area contributed by atoms with Crippen molar-refractivity contribution in [3.63, 3.8) is 0 Å². The molecular formula is C23H28N2O2. The molecule has 0 unspecified atom stereocenters. The molecule has 2 aromatic carbocycles. The maximum atomic E-state index is 12.4. The molecule has 1 heterocycles. The van der Waals surface area contributed by atoms with E-state index in [1.807, 2.05) is 49.1 Å². The van der Waals surface area contributed by atoms with E-state index in [4.69, 9.17) is 4.74 Å². The van der Waals surface area contributed by atoms with Crippen LogP contribution in [0.5, 0.6) is 5.75 Å². The van der Waals surface area contributed by atoms with E-state index in [0.717, 1.165) is 49.6 Å². The molecule has 0 atom stereocenters. The van der Waals surface area contributed by atoms with E-state index in [9.17, 15) is 4.79 Å². The molecule has 1 aliphatic rings. The molecule has 4 nitrogen and oxygen atoms in total. The molecule has 27 heavy (non-hydrogen) atoms. The highest BCUT2D eigenvalue weighted by Crippen LogP contribution is 2.16. The largest absolute Gasteiger partial charge is 0.484 e. The molecule has 2 aromatic rings. The van der Waals surface area contributed by atoms with Crippen molar-refractivity contribution in [2.45, 2.75) is 13.8 Å². The number of piperazine rings is 1. The van der Waals surface area contributed by atoms with Gasteiger partial charge in [-0.25, -0.2) is 0 Å². The van der Waals surface area contributed by atoms with Gasteiger partial charge in [0.1, 0.15) is 5.75 Å². The second-order valence-corrected chi connectivity index (χ2v) is 7.11. The zero-order valence-corrected chi connectivity index (χ0v) is 16.2. The van der Waals surface area contributed by atoms with E-state index in [1.165, 1.54) is 5.56 Å². The number of amides is 1. The van der Waals surface area contributed by atoms with Gasteiger partial charge in [0.25, 0.3) is 5.91 Å². The first-order chi connectivity index (χ1) is 13.1. The van der Waals surface area contributed by atoms with Gasteiger partial charge in [0.05, 0.1) is 0 Å². The Labute approximate surface area is 162 Å². The van der Waals surface area contributed by atoms with Crippen LogP contribution in [0.15, 0.2) is 54.6 Å². The summed E-state index contributed by atoms with van der Waals surface area (Å²) in [5, 5.41) is 0. The molecule has 1 saturated heterocycles. The average Bonchev–Trinajstić information content (AvgIpc) is 2.67. The zero-order chi connectivity index (χ0) is 19.1. The number of benzene rings is 2. The molecule has 142 valence electrons. The van der Waals surface area contributed by atoms with Crippen LogP contribution < -0.4 is 4.74 Å². The van der Waals surface area contributed by atoms with Crippen LogP contribution in [0, 0.1) is 13.8 Å². The number of hydrogen-bond acceptors (Lipinski definition) is 3. The minimum atomic E-state index is 0.0636. The lowest BCUT2D eigenvalue weighted by Crippen LogP contribution is -2.49. The van der Waals surface area contributed by atoms with Crippen molar-refractivity contribution in [3.8, 4) is 5.75 Å². The fourth-order valence-corrected chi connectivity index (χ4v) is 3.33. The van der Waals surface area contributed by atoms with Crippen molar-refractivity contribution in [1.29, 1.82) is 0 Å². The lowest BCUT2D eigenvalue weighted by Gasteiger charge is -2.34. The Morgan fingerprint density at radius 1 is 1.00 bits per heavy atom. The molecule has 0 bridgehead atoms. The van der Waals surface area contributed by atoms with Gasteiger partial charge in [-0.2, -0.15) is 0 Å². The lowest BCUT2D eigenvalue weighted by molar-refractivity contribution is -0.135. The Morgan fingerprint density at radius 2 is 1.67 bits per heavy atom. The summed E-state index contributed by atoms with van der Waals surface area (Å²) < 4.78 is 5.71. The number of carbonyl (C=O) groups is 1. The molecule has 1 fully saturated rings. The van der Waals surface area contributed by atoms with Crippen molar-refractivity contribution in [2.24, 2.45) is 0 Å². The third-order valence-corrected chi connectivity index (χ3v) is 4.76. The lowest BCUT2D eigenvalue weighted by atomic mass is 10.1. The topological polar surface area (TPSA) is 32.8 Å². The molecule has 3 rings (SSSR count). The summed E-state index contributed by atoms with van der Waals surface area (Å²) in [5.41, 5.74) is 3.51. The van der Waals surface area contributed by atoms with Crippen molar-refractivity contribution in [3.05, 3.63) is 71.3 Å². The summed E-state index contributed by atoms with van der Waals surface area (Å²) in [6, 6.07) is 16.4. The summed E-state index contributed by atoms with van der Waals surface area (Å²) in [4.78, 5) is 16.7. The van der Waals surface area contributed by atoms with E-state index < -0.39 is 0 Å². The SMILES string of the molecule is Cc1cc(C)cc(OCC(=O)N2CCN(C/C=C/c3ccccc3)CC2)c1. The molecule has 1 amide bonds. The van der Waals surface area contributed by atoms with Crippen LogP contribution in [0.25, 0.3) is 6.08 Å². The smallest absolute Gasteiger partial charge is 0.260 e. The minimum absolute atomic E-state index is 0.0636. The summed E-state index contributed by atoms with van der Waals surface area (Å²) in [6.07, 6.45) is 4.34. The van der Waals surface area contributed by atoms with E-state index in [-0.39, 0.29) is 12.5 Å². The summed E-state index contributed by atoms with van der Waals surface area (Å²) in [5.74, 6) is 0.833. The van der Waals surface area contributed by atoms with Crippen LogP contribution in [0.3, 0.4) is 0 Å². The first kappa shape index (κ1) is 19.2. The van der Waals surface area contributed by atoms with Gasteiger partial charge < -0.3 is 9.64 Å². The third-order valence-electron chi connectivity index (χ3n) is 4.76. The Morgan fingerprint density at radius 3 is 2.33 bits per heavy atom. The van der Waals surface area contributed by atoms with Crippen molar-refractivity contribution >= 4 is 12.0 Å². The van der Waals surface area contributed by atoms with Gasteiger partial charge in [-0.3, -0.25) is 9.69 Å². The number of carbonyl (C=O) groups excluding carboxylic acids is 1. The molecule has 4 heteroatoms. The number of hydrogen-bond donors (Lipinski definition) is 0. The molecule has 0 spiro atoms. The fraction of sp³-hybridized carbons (Fsp3) is 0.348. The van der Waals surface area contributed by atoms with Crippen molar-refractivity contribution in [2.75, 3.05) is 39.3 Å². The average molecular weight is 364 g/mol. The second-order valence-electron chi connectivity index (χ2n) is 7.11. The highest BCUT2D eigenvalue weighted by Gasteiger charge is 2.20. The van der Waals surface area contributed by atoms with Crippen molar-refractivity contribution in [1.82, 2.24) is 9.80 Å². The van der Waals surface area contributed by atoms with Crippen molar-refractivity contribution < 1.29 is 9.53 Å². The second kappa shape index (κ2) is 9.38. The molecular weight excluding hydrogens is 336 g/mol. The molecule has 0 aliphatic carbocycles. The zero-order valence-electron chi connectivity index (χ0n) is 16.2. The van der Waals surface area contributed by atoms with Gasteiger partial charge in [-0.05, 0) is 42.7 Å². The predicted molar refractivity (Wildman–Crippen MR) is 110 cm³/mol. The molecule has 1 aliphatic heterocycles. The Balaban J connectivity index is 1.40. The summed E-state index contributed by atoms with van der Waals surface area (Å²) >= 11 is 0. The van der Waals surface area contributed by atoms with Gasteiger partial charge >= 0.3 is 0 Å². The summed E-state index contributed by atoms with van der Waals surface area (Å²) in [6.45, 7) is 8.40. The molecule has 0 saturated carbocycles. The Hall–Kier alpha value is -2.59. The van der Waals surface area contributed by atoms with E-state index in [1.54, 1.807) is 0 Å². The van der Waals surface area contributed by atoms with Crippen LogP contribution in [-0.2, 0) is 4.79 Å². The van der Waals surface area contributed by atoms with Crippen LogP contribution in [0.4, 0.5) is 0 Å². The van der Waals surface area contributed by atoms with Crippen LogP contribution >= 0.6 is 0 Å². The third kappa shape index (κ3) is 5.97. The minimum Gasteiger partial charge on any atom is -0.484 e. The monoisotopic (exact) mass is 364 g/mol. The first-order valence-corrected chi connectivity index (χ1v) is 9.53. The highest BCUT2D eigenvalue weighted by molar-refractivity contribution is 5.77. The number of ether oxygens (including phenoxy) is 1. The Bertz CT molecular complexity index is 758. The molecule has 0 radical (unpaired) electrons. The number of nitrogens with zero attached hydrogens (tertiary/aromatic N) is 2. The van der Waals surface area contributed by atoms with Crippen LogP contribution in [0.1, 0.15) is 16.7 Å². The normalized spacial score (nSPS) is 15.3. The summed E-state index contributed by atoms with van der Waals surface area (Å²) in [7, 11) is 0. The van der Waals surface area contributed by atoms with E-state index in [2.05, 4.69) is 35.3 Å². The number of aryl methyl sites for hydroxylation is 2. The van der Waals surface area contributed by atoms with Crippen LogP contribution in [0.2, 0.25) is 0 Å². The maximum absolute atomic E-state index is 12.4.